The van der Waals surface area contributed by atoms with Crippen molar-refractivity contribution in [1.82, 2.24) is 9.80 Å². The Bertz CT molecular complexity index is 1110. The fourth-order valence-electron chi connectivity index (χ4n) is 3.70. The number of furan rings is 1. The summed E-state index contributed by atoms with van der Waals surface area (Å²) in [6, 6.07) is 13.9. The Kier molecular flexibility index (Phi) is 5.68. The maximum absolute atomic E-state index is 12.7. The van der Waals surface area contributed by atoms with Crippen LogP contribution in [0.2, 0.25) is 0 Å². The molecule has 3 aromatic rings. The molecule has 9 nitrogen and oxygen atoms in total. The second-order valence-electron chi connectivity index (χ2n) is 7.49. The molecule has 9 heteroatoms. The number of piperazine rings is 1. The van der Waals surface area contributed by atoms with Gasteiger partial charge in [0.15, 0.2) is 5.76 Å². The van der Waals surface area contributed by atoms with E-state index in [1.165, 1.54) is 6.07 Å². The summed E-state index contributed by atoms with van der Waals surface area (Å²) in [4.78, 5) is 39.6. The summed E-state index contributed by atoms with van der Waals surface area (Å²) in [5.74, 6) is -0.190. The van der Waals surface area contributed by atoms with Crippen molar-refractivity contribution in [3.05, 3.63) is 70.0 Å². The first-order chi connectivity index (χ1) is 14.9. The molecule has 2 aromatic carbocycles. The highest BCUT2D eigenvalue weighted by Gasteiger charge is 2.26. The Labute approximate surface area is 178 Å². The van der Waals surface area contributed by atoms with Crippen molar-refractivity contribution >= 4 is 34.2 Å². The number of hydrogen-bond donors (Lipinski definition) is 1. The molecule has 2 amide bonds. The van der Waals surface area contributed by atoms with Gasteiger partial charge in [0, 0.05) is 37.6 Å². The van der Waals surface area contributed by atoms with Gasteiger partial charge in [-0.2, -0.15) is 0 Å². The molecule has 1 aromatic heterocycles. The van der Waals surface area contributed by atoms with Crippen LogP contribution in [0.5, 0.6) is 0 Å². The number of carbonyl (C=O) groups is 2. The zero-order valence-corrected chi connectivity index (χ0v) is 17.0. The molecule has 160 valence electrons. The van der Waals surface area contributed by atoms with E-state index in [1.54, 1.807) is 30.0 Å². The summed E-state index contributed by atoms with van der Waals surface area (Å²) in [5.41, 5.74) is 1.39. The number of nitrogens with one attached hydrogen (secondary N) is 1. The predicted molar refractivity (Wildman–Crippen MR) is 115 cm³/mol. The largest absolute Gasteiger partial charge is 0.451 e. The zero-order chi connectivity index (χ0) is 22.0. The number of nitrogens with zero attached hydrogens (tertiary/aromatic N) is 3. The molecule has 0 radical (unpaired) electrons. The topological polar surface area (TPSA) is 109 Å². The number of carbonyl (C=O) groups excluding carboxylic acids is 2. The predicted octanol–water partition coefficient (Wildman–Crippen LogP) is 3.05. The van der Waals surface area contributed by atoms with Crippen LogP contribution in [0.15, 0.2) is 52.9 Å². The van der Waals surface area contributed by atoms with E-state index in [4.69, 9.17) is 4.42 Å². The maximum Gasteiger partial charge on any atom is 0.293 e. The highest BCUT2D eigenvalue weighted by atomic mass is 16.6. The number of benzene rings is 2. The SMILES string of the molecule is Cc1cccc([N+](=O)[O-])c1NC(=O)CN1CCN(C(=O)c2cc3ccccc3o2)CC1. The number of rotatable bonds is 5. The third-order valence-electron chi connectivity index (χ3n) is 5.37. The summed E-state index contributed by atoms with van der Waals surface area (Å²) in [6.07, 6.45) is 0. The number of fused-ring (bicyclic) bond motifs is 1. The Balaban J connectivity index is 1.33. The maximum atomic E-state index is 12.7. The van der Waals surface area contributed by atoms with Gasteiger partial charge in [-0.05, 0) is 24.6 Å². The van der Waals surface area contributed by atoms with Crippen molar-refractivity contribution in [3.8, 4) is 0 Å². The molecule has 1 N–H and O–H groups in total. The number of aryl methyl sites for hydroxylation is 1. The van der Waals surface area contributed by atoms with Gasteiger partial charge in [0.25, 0.3) is 11.6 Å². The number of anilines is 1. The minimum Gasteiger partial charge on any atom is -0.451 e. The molecule has 1 aliphatic rings. The molecule has 0 atom stereocenters. The lowest BCUT2D eigenvalue weighted by Gasteiger charge is -2.33. The van der Waals surface area contributed by atoms with Crippen LogP contribution < -0.4 is 5.32 Å². The number of nitro groups is 1. The number of amides is 2. The van der Waals surface area contributed by atoms with Crippen LogP contribution in [-0.2, 0) is 4.79 Å². The van der Waals surface area contributed by atoms with Crippen LogP contribution in [0.4, 0.5) is 11.4 Å². The van der Waals surface area contributed by atoms with E-state index >= 15 is 0 Å². The van der Waals surface area contributed by atoms with Crippen molar-refractivity contribution in [2.24, 2.45) is 0 Å². The molecule has 1 aliphatic heterocycles. The van der Waals surface area contributed by atoms with Gasteiger partial charge in [0.1, 0.15) is 11.3 Å². The Morgan fingerprint density at radius 3 is 2.55 bits per heavy atom. The van der Waals surface area contributed by atoms with Crippen LogP contribution in [0, 0.1) is 17.0 Å². The molecule has 0 unspecified atom stereocenters. The second kappa shape index (κ2) is 8.57. The van der Waals surface area contributed by atoms with Gasteiger partial charge in [-0.1, -0.05) is 30.3 Å². The van der Waals surface area contributed by atoms with E-state index in [1.807, 2.05) is 29.2 Å². The number of hydrogen-bond acceptors (Lipinski definition) is 6. The zero-order valence-electron chi connectivity index (χ0n) is 17.0. The fraction of sp³-hybridized carbons (Fsp3) is 0.273. The van der Waals surface area contributed by atoms with Gasteiger partial charge >= 0.3 is 0 Å². The highest BCUT2D eigenvalue weighted by Crippen LogP contribution is 2.27. The van der Waals surface area contributed by atoms with Crippen LogP contribution >= 0.6 is 0 Å². The first-order valence-electron chi connectivity index (χ1n) is 9.96. The quantitative estimate of drug-likeness (QED) is 0.500. The van der Waals surface area contributed by atoms with Crippen molar-refractivity contribution < 1.29 is 18.9 Å². The lowest BCUT2D eigenvalue weighted by Crippen LogP contribution is -2.50. The smallest absolute Gasteiger partial charge is 0.293 e. The molecule has 1 fully saturated rings. The first kappa shape index (κ1) is 20.5. The molecule has 1 saturated heterocycles. The monoisotopic (exact) mass is 422 g/mol. The Morgan fingerprint density at radius 2 is 1.84 bits per heavy atom. The van der Waals surface area contributed by atoms with Crippen molar-refractivity contribution in [1.29, 1.82) is 0 Å². The lowest BCUT2D eigenvalue weighted by atomic mass is 10.1. The molecule has 0 aliphatic carbocycles. The van der Waals surface area contributed by atoms with E-state index in [0.717, 1.165) is 5.39 Å². The van der Waals surface area contributed by atoms with Gasteiger partial charge in [-0.25, -0.2) is 0 Å². The van der Waals surface area contributed by atoms with E-state index in [2.05, 4.69) is 5.32 Å². The Morgan fingerprint density at radius 1 is 1.10 bits per heavy atom. The molecule has 31 heavy (non-hydrogen) atoms. The Hall–Kier alpha value is -3.72. The molecular weight excluding hydrogens is 400 g/mol. The van der Waals surface area contributed by atoms with Gasteiger partial charge in [0.2, 0.25) is 5.91 Å². The van der Waals surface area contributed by atoms with E-state index < -0.39 is 4.92 Å². The van der Waals surface area contributed by atoms with Gasteiger partial charge in [-0.15, -0.1) is 0 Å². The molecular formula is C22H22N4O5. The molecule has 0 saturated carbocycles. The highest BCUT2D eigenvalue weighted by molar-refractivity contribution is 5.96. The van der Waals surface area contributed by atoms with Crippen LogP contribution in [-0.4, -0.2) is 59.3 Å². The second-order valence-corrected chi connectivity index (χ2v) is 7.49. The standard InChI is InChI=1S/C22H22N4O5/c1-15-5-4-7-17(26(29)30)21(15)23-20(27)14-24-9-11-25(12-10-24)22(28)19-13-16-6-2-3-8-18(16)31-19/h2-8,13H,9-12,14H2,1H3,(H,23,27). The summed E-state index contributed by atoms with van der Waals surface area (Å²) in [6.45, 7) is 3.79. The van der Waals surface area contributed by atoms with Crippen LogP contribution in [0.1, 0.15) is 16.1 Å². The third kappa shape index (κ3) is 4.41. The average molecular weight is 422 g/mol. The van der Waals surface area contributed by atoms with E-state index in [0.29, 0.717) is 43.1 Å². The van der Waals surface area contributed by atoms with Gasteiger partial charge < -0.3 is 14.6 Å². The number of para-hydroxylation sites is 2. The molecule has 2 heterocycles. The lowest BCUT2D eigenvalue weighted by molar-refractivity contribution is -0.384. The van der Waals surface area contributed by atoms with Crippen LogP contribution in [0.3, 0.4) is 0 Å². The van der Waals surface area contributed by atoms with Crippen molar-refractivity contribution in [3.63, 3.8) is 0 Å². The van der Waals surface area contributed by atoms with E-state index in [-0.39, 0.29) is 29.7 Å². The molecule has 0 bridgehead atoms. The summed E-state index contributed by atoms with van der Waals surface area (Å²) in [5, 5.41) is 14.8. The fourth-order valence-corrected chi connectivity index (χ4v) is 3.70. The summed E-state index contributed by atoms with van der Waals surface area (Å²) >= 11 is 0. The third-order valence-corrected chi connectivity index (χ3v) is 5.37. The van der Waals surface area contributed by atoms with Crippen molar-refractivity contribution in [2.75, 3.05) is 38.0 Å². The molecule has 4 rings (SSSR count). The normalized spacial score (nSPS) is 14.5. The minimum atomic E-state index is -0.509. The number of nitro benzene ring substituents is 1. The minimum absolute atomic E-state index is 0.0954. The first-order valence-corrected chi connectivity index (χ1v) is 9.96. The van der Waals surface area contributed by atoms with Crippen molar-refractivity contribution in [2.45, 2.75) is 6.92 Å². The van der Waals surface area contributed by atoms with Crippen LogP contribution in [0.25, 0.3) is 11.0 Å². The summed E-state index contributed by atoms with van der Waals surface area (Å²) < 4.78 is 5.66. The van der Waals surface area contributed by atoms with Gasteiger partial charge in [0.05, 0.1) is 11.5 Å². The summed E-state index contributed by atoms with van der Waals surface area (Å²) in [7, 11) is 0. The van der Waals surface area contributed by atoms with Gasteiger partial charge in [-0.3, -0.25) is 24.6 Å². The average Bonchev–Trinajstić information content (AvgIpc) is 3.19. The molecule has 0 spiro atoms. The van der Waals surface area contributed by atoms with E-state index in [9.17, 15) is 19.7 Å².